The highest BCUT2D eigenvalue weighted by Crippen LogP contribution is 2.17. The first-order valence-corrected chi connectivity index (χ1v) is 7.28. The van der Waals surface area contributed by atoms with Gasteiger partial charge in [0.15, 0.2) is 0 Å². The Labute approximate surface area is 121 Å². The molecule has 106 valence electrons. The predicted molar refractivity (Wildman–Crippen MR) is 79.4 cm³/mol. The van der Waals surface area contributed by atoms with E-state index in [0.29, 0.717) is 11.5 Å². The average molecular weight is 292 g/mol. The van der Waals surface area contributed by atoms with Gasteiger partial charge in [0, 0.05) is 5.56 Å². The van der Waals surface area contributed by atoms with E-state index in [9.17, 15) is 9.35 Å². The third-order valence-electron chi connectivity index (χ3n) is 2.52. The van der Waals surface area contributed by atoms with E-state index < -0.39 is 11.4 Å². The fraction of sp³-hybridized carbons (Fsp3) is 0.357. The van der Waals surface area contributed by atoms with Crippen molar-refractivity contribution in [3.8, 4) is 0 Å². The molecule has 0 saturated heterocycles. The molecule has 0 bridgehead atoms. The number of hydrogen-bond donors (Lipinski definition) is 0. The number of rotatable bonds is 3. The maximum atomic E-state index is 11.8. The van der Waals surface area contributed by atoms with Crippen LogP contribution in [-0.2, 0) is 20.9 Å². The second kappa shape index (κ2) is 5.76. The Morgan fingerprint density at radius 1 is 1.45 bits per heavy atom. The number of esters is 1. The van der Waals surface area contributed by atoms with Crippen LogP contribution in [0, 0.1) is 0 Å². The van der Waals surface area contributed by atoms with Gasteiger partial charge in [0.2, 0.25) is 5.90 Å². The van der Waals surface area contributed by atoms with E-state index in [4.69, 9.17) is 4.74 Å². The fourth-order valence-corrected chi connectivity index (χ4v) is 2.01. The summed E-state index contributed by atoms with van der Waals surface area (Å²) in [5.74, 6) is -0.0323. The first-order valence-electron chi connectivity index (χ1n) is 6.18. The van der Waals surface area contributed by atoms with Gasteiger partial charge in [-0.05, 0) is 38.5 Å². The number of carbonyl (C=O) groups excluding carboxylic acids is 1. The van der Waals surface area contributed by atoms with Crippen molar-refractivity contribution in [1.29, 1.82) is 0 Å². The van der Waals surface area contributed by atoms with Gasteiger partial charge in [-0.1, -0.05) is 16.5 Å². The lowest BCUT2D eigenvalue weighted by molar-refractivity contribution is -0.132. The largest absolute Gasteiger partial charge is 0.591 e. The molecule has 20 heavy (non-hydrogen) atoms. The molecule has 2 rings (SSSR count). The molecule has 1 aromatic carbocycles. The molecule has 1 aromatic rings. The van der Waals surface area contributed by atoms with Crippen LogP contribution in [0.3, 0.4) is 0 Å². The third-order valence-corrected chi connectivity index (χ3v) is 3.86. The van der Waals surface area contributed by atoms with Crippen LogP contribution in [-0.4, -0.2) is 33.9 Å². The molecule has 0 N–H and O–H groups in total. The summed E-state index contributed by atoms with van der Waals surface area (Å²) in [4.78, 5) is 15.0. The van der Waals surface area contributed by atoms with Crippen molar-refractivity contribution in [2.24, 2.45) is 9.39 Å². The summed E-state index contributed by atoms with van der Waals surface area (Å²) in [6.07, 6.45) is 1.56. The van der Waals surface area contributed by atoms with E-state index in [2.05, 4.69) is 9.39 Å². The number of carbonyl (C=O) groups is 1. The zero-order chi connectivity index (χ0) is 14.8. The highest BCUT2D eigenvalue weighted by atomic mass is 32.2. The van der Waals surface area contributed by atoms with Crippen LogP contribution in [0.15, 0.2) is 33.7 Å². The highest BCUT2D eigenvalue weighted by molar-refractivity contribution is 7.91. The quantitative estimate of drug-likeness (QED) is 0.485. The number of nitrogens with zero attached hydrogens (tertiary/aromatic N) is 2. The number of benzene rings is 1. The number of ether oxygens (including phenoxy) is 1. The van der Waals surface area contributed by atoms with Gasteiger partial charge in [-0.15, -0.1) is 0 Å². The molecule has 1 atom stereocenters. The molecule has 0 unspecified atom stereocenters. The monoisotopic (exact) mass is 292 g/mol. The minimum absolute atomic E-state index is 0.0572. The highest BCUT2D eigenvalue weighted by Gasteiger charge is 2.25. The molecular formula is C14H16N2O3S. The Balaban J connectivity index is 2.15. The molecule has 0 saturated carbocycles. The average Bonchev–Trinajstić information content (AvgIpc) is 2.82. The summed E-state index contributed by atoms with van der Waals surface area (Å²) < 4.78 is 20.5. The molecule has 1 heterocycles. The number of hydrogen-bond acceptors (Lipinski definition) is 5. The standard InChI is InChI=1S/C14H16N2O3S/c1-14(2,3)20(18)16-8-10-5-4-6-11(7-10)13-15-9-12(17)19-13/h4-8H,9H2,1-3H3/b16-8+/t20-/m0/s1. The summed E-state index contributed by atoms with van der Waals surface area (Å²) in [6, 6.07) is 7.24. The van der Waals surface area contributed by atoms with Gasteiger partial charge in [0.25, 0.3) is 0 Å². The minimum atomic E-state index is -1.30. The Morgan fingerprint density at radius 2 is 2.20 bits per heavy atom. The van der Waals surface area contributed by atoms with Crippen molar-refractivity contribution in [1.82, 2.24) is 0 Å². The van der Waals surface area contributed by atoms with Crippen LogP contribution in [0.1, 0.15) is 31.9 Å². The molecule has 0 aliphatic carbocycles. The summed E-state index contributed by atoms with van der Waals surface area (Å²) >= 11 is -1.30. The molecule has 0 spiro atoms. The molecule has 0 amide bonds. The second-order valence-electron chi connectivity index (χ2n) is 5.32. The van der Waals surface area contributed by atoms with Crippen LogP contribution < -0.4 is 0 Å². The van der Waals surface area contributed by atoms with Gasteiger partial charge in [-0.2, -0.15) is 0 Å². The molecule has 0 fully saturated rings. The Kier molecular flexibility index (Phi) is 4.25. The van der Waals surface area contributed by atoms with E-state index in [1.807, 2.05) is 32.9 Å². The molecule has 0 radical (unpaired) electrons. The van der Waals surface area contributed by atoms with Crippen LogP contribution in [0.25, 0.3) is 0 Å². The zero-order valence-electron chi connectivity index (χ0n) is 11.6. The van der Waals surface area contributed by atoms with Crippen molar-refractivity contribution in [3.63, 3.8) is 0 Å². The van der Waals surface area contributed by atoms with Crippen LogP contribution >= 0.6 is 0 Å². The Bertz CT molecular complexity index is 576. The van der Waals surface area contributed by atoms with E-state index in [0.717, 1.165) is 5.56 Å². The smallest absolute Gasteiger partial charge is 0.334 e. The van der Waals surface area contributed by atoms with Gasteiger partial charge in [0.05, 0.1) is 6.21 Å². The lowest BCUT2D eigenvalue weighted by Gasteiger charge is -2.17. The van der Waals surface area contributed by atoms with Gasteiger partial charge in [-0.3, -0.25) is 0 Å². The summed E-state index contributed by atoms with van der Waals surface area (Å²) in [6.45, 7) is 5.65. The SMILES string of the molecule is CC(C)(C)[S@+]([O-])/N=C/c1cccc(C2=NCC(=O)O2)c1. The molecule has 5 nitrogen and oxygen atoms in total. The van der Waals surface area contributed by atoms with E-state index in [-0.39, 0.29) is 17.3 Å². The predicted octanol–water partition coefficient (Wildman–Crippen LogP) is 1.87. The molecule has 1 aliphatic rings. The van der Waals surface area contributed by atoms with Gasteiger partial charge in [-0.25, -0.2) is 9.79 Å². The molecule has 0 aromatic heterocycles. The fourth-order valence-electron chi connectivity index (χ4n) is 1.48. The number of cyclic esters (lactones) is 1. The molecular weight excluding hydrogens is 276 g/mol. The maximum Gasteiger partial charge on any atom is 0.334 e. The lowest BCUT2D eigenvalue weighted by Crippen LogP contribution is -2.25. The normalized spacial score (nSPS) is 17.2. The van der Waals surface area contributed by atoms with E-state index >= 15 is 0 Å². The molecule has 6 heteroatoms. The lowest BCUT2D eigenvalue weighted by atomic mass is 10.1. The summed E-state index contributed by atoms with van der Waals surface area (Å²) in [5.41, 5.74) is 1.49. The zero-order valence-corrected chi connectivity index (χ0v) is 12.4. The van der Waals surface area contributed by atoms with Crippen LogP contribution in [0.4, 0.5) is 0 Å². The summed E-state index contributed by atoms with van der Waals surface area (Å²) in [7, 11) is 0. The van der Waals surface area contributed by atoms with Crippen molar-refractivity contribution < 1.29 is 14.1 Å². The van der Waals surface area contributed by atoms with Gasteiger partial charge < -0.3 is 9.29 Å². The van der Waals surface area contributed by atoms with E-state index in [1.165, 1.54) is 0 Å². The first-order chi connectivity index (χ1) is 9.36. The van der Waals surface area contributed by atoms with Gasteiger partial charge in [0.1, 0.15) is 22.7 Å². The molecule has 1 aliphatic heterocycles. The Hall–Kier alpha value is -1.66. The van der Waals surface area contributed by atoms with Crippen molar-refractivity contribution in [3.05, 3.63) is 35.4 Å². The minimum Gasteiger partial charge on any atom is -0.591 e. The van der Waals surface area contributed by atoms with Crippen molar-refractivity contribution in [2.75, 3.05) is 6.54 Å². The summed E-state index contributed by atoms with van der Waals surface area (Å²) in [5, 5.41) is 0. The van der Waals surface area contributed by atoms with Crippen LogP contribution in [0.2, 0.25) is 0 Å². The van der Waals surface area contributed by atoms with Crippen molar-refractivity contribution in [2.45, 2.75) is 25.5 Å². The van der Waals surface area contributed by atoms with Crippen molar-refractivity contribution >= 4 is 29.4 Å². The second-order valence-corrected chi connectivity index (χ2v) is 7.25. The van der Waals surface area contributed by atoms with Gasteiger partial charge >= 0.3 is 5.97 Å². The Morgan fingerprint density at radius 3 is 2.80 bits per heavy atom. The first kappa shape index (κ1) is 14.7. The number of aliphatic imine (C=N–C) groups is 1. The van der Waals surface area contributed by atoms with Crippen LogP contribution in [0.5, 0.6) is 0 Å². The van der Waals surface area contributed by atoms with E-state index in [1.54, 1.807) is 18.3 Å². The third kappa shape index (κ3) is 3.68. The maximum absolute atomic E-state index is 11.8. The topological polar surface area (TPSA) is 74.1 Å².